The molecular weight excluding hydrogens is 134 g/mol. The van der Waals surface area contributed by atoms with E-state index in [4.69, 9.17) is 11.3 Å². The van der Waals surface area contributed by atoms with E-state index < -0.39 is 6.17 Å². The Kier molecular flexibility index (Phi) is 1.81. The molecule has 1 heterocycles. The molecule has 1 saturated heterocycles. The molecule has 5 N–H and O–H groups in total. The molecule has 2 atom stereocenters. The average molecular weight is 143 g/mol. The maximum absolute atomic E-state index is 10.6. The van der Waals surface area contributed by atoms with Gasteiger partial charge in [0.1, 0.15) is 6.17 Å². The van der Waals surface area contributed by atoms with Gasteiger partial charge in [0.2, 0.25) is 0 Å². The Hall–Kier alpha value is -1.17. The molecule has 6 nitrogen and oxygen atoms in total. The third kappa shape index (κ3) is 1.41. The van der Waals surface area contributed by atoms with Crippen molar-refractivity contribution in [3.05, 3.63) is 0 Å². The summed E-state index contributed by atoms with van der Waals surface area (Å²) < 4.78 is 0. The number of hydrogen-bond donors (Lipinski definition) is 4. The SMILES string of the molecule is N=NC1CC(N)NC(=O)N1. The van der Waals surface area contributed by atoms with Crippen LogP contribution in [0.25, 0.3) is 0 Å². The molecule has 10 heavy (non-hydrogen) atoms. The Bertz CT molecular complexity index is 158. The van der Waals surface area contributed by atoms with Crippen LogP contribution in [-0.2, 0) is 0 Å². The second kappa shape index (κ2) is 2.61. The first-order valence-electron chi connectivity index (χ1n) is 2.91. The van der Waals surface area contributed by atoms with Crippen LogP contribution < -0.4 is 16.4 Å². The first kappa shape index (κ1) is 6.94. The van der Waals surface area contributed by atoms with Gasteiger partial charge in [0.25, 0.3) is 0 Å². The molecular formula is C4H9N5O. The minimum absolute atomic E-state index is 0.361. The van der Waals surface area contributed by atoms with E-state index >= 15 is 0 Å². The summed E-state index contributed by atoms with van der Waals surface area (Å²) in [6.07, 6.45) is -0.369. The van der Waals surface area contributed by atoms with Crippen molar-refractivity contribution in [1.82, 2.24) is 10.6 Å². The molecule has 0 radical (unpaired) electrons. The second-order valence-electron chi connectivity index (χ2n) is 2.10. The highest BCUT2D eigenvalue weighted by atomic mass is 16.2. The molecule has 2 amide bonds. The lowest BCUT2D eigenvalue weighted by atomic mass is 10.2. The number of nitrogens with zero attached hydrogens (tertiary/aromatic N) is 1. The largest absolute Gasteiger partial charge is 0.323 e. The lowest BCUT2D eigenvalue weighted by molar-refractivity contribution is 0.219. The molecule has 0 aromatic carbocycles. The number of urea groups is 1. The zero-order chi connectivity index (χ0) is 7.56. The molecule has 0 aliphatic carbocycles. The van der Waals surface area contributed by atoms with E-state index in [9.17, 15) is 4.79 Å². The van der Waals surface area contributed by atoms with Crippen LogP contribution in [-0.4, -0.2) is 18.4 Å². The van der Waals surface area contributed by atoms with Crippen LogP contribution in [0.5, 0.6) is 0 Å². The normalized spacial score (nSPS) is 32.3. The predicted octanol–water partition coefficient (Wildman–Crippen LogP) is -0.669. The van der Waals surface area contributed by atoms with Crippen LogP contribution >= 0.6 is 0 Å². The Morgan fingerprint density at radius 2 is 2.40 bits per heavy atom. The number of nitrogens with one attached hydrogen (secondary N) is 3. The number of carbonyl (C=O) groups is 1. The van der Waals surface area contributed by atoms with Gasteiger partial charge in [-0.15, -0.1) is 0 Å². The fourth-order valence-electron chi connectivity index (χ4n) is 0.805. The summed E-state index contributed by atoms with van der Waals surface area (Å²) in [7, 11) is 0. The van der Waals surface area contributed by atoms with Gasteiger partial charge in [-0.3, -0.25) is 0 Å². The third-order valence-corrected chi connectivity index (χ3v) is 1.25. The molecule has 0 spiro atoms. The highest BCUT2D eigenvalue weighted by Crippen LogP contribution is 1.99. The quantitative estimate of drug-likeness (QED) is 0.366. The van der Waals surface area contributed by atoms with Crippen molar-refractivity contribution in [2.75, 3.05) is 0 Å². The van der Waals surface area contributed by atoms with Crippen molar-refractivity contribution >= 4 is 6.03 Å². The van der Waals surface area contributed by atoms with Crippen LogP contribution in [0, 0.1) is 5.53 Å². The maximum Gasteiger partial charge on any atom is 0.317 e. The Labute approximate surface area is 57.7 Å². The van der Waals surface area contributed by atoms with Crippen LogP contribution in [0.3, 0.4) is 0 Å². The smallest absolute Gasteiger partial charge is 0.317 e. The number of nitrogens with two attached hydrogens (primary N) is 1. The molecule has 2 unspecified atom stereocenters. The zero-order valence-electron chi connectivity index (χ0n) is 5.29. The van der Waals surface area contributed by atoms with Crippen LogP contribution in [0.15, 0.2) is 5.11 Å². The lowest BCUT2D eigenvalue weighted by Gasteiger charge is -2.24. The van der Waals surface area contributed by atoms with E-state index in [1.807, 2.05) is 0 Å². The van der Waals surface area contributed by atoms with E-state index in [-0.39, 0.29) is 12.2 Å². The van der Waals surface area contributed by atoms with Gasteiger partial charge in [-0.05, 0) is 0 Å². The molecule has 1 fully saturated rings. The Morgan fingerprint density at radius 1 is 1.70 bits per heavy atom. The summed E-state index contributed by atoms with van der Waals surface area (Å²) in [6, 6.07) is -0.361. The molecule has 0 bridgehead atoms. The predicted molar refractivity (Wildman–Crippen MR) is 33.2 cm³/mol. The first-order chi connectivity index (χ1) is 4.72. The monoisotopic (exact) mass is 143 g/mol. The minimum atomic E-state index is -0.455. The summed E-state index contributed by atoms with van der Waals surface area (Å²) in [6.45, 7) is 0. The summed E-state index contributed by atoms with van der Waals surface area (Å²) in [5.74, 6) is 0. The van der Waals surface area contributed by atoms with E-state index in [0.717, 1.165) is 0 Å². The first-order valence-corrected chi connectivity index (χ1v) is 2.91. The lowest BCUT2D eigenvalue weighted by Crippen LogP contribution is -2.57. The van der Waals surface area contributed by atoms with Gasteiger partial charge < -0.3 is 16.4 Å². The van der Waals surface area contributed by atoms with Crippen molar-refractivity contribution < 1.29 is 4.79 Å². The van der Waals surface area contributed by atoms with Gasteiger partial charge in [0, 0.05) is 6.42 Å². The average Bonchev–Trinajstić information content (AvgIpc) is 1.85. The number of carbonyl (C=O) groups excluding carboxylic acids is 1. The van der Waals surface area contributed by atoms with Crippen LogP contribution in [0.2, 0.25) is 0 Å². The van der Waals surface area contributed by atoms with Crippen molar-refractivity contribution in [2.24, 2.45) is 10.8 Å². The van der Waals surface area contributed by atoms with Crippen LogP contribution in [0.4, 0.5) is 4.79 Å². The van der Waals surface area contributed by atoms with Gasteiger partial charge in [-0.2, -0.15) is 5.11 Å². The van der Waals surface area contributed by atoms with Crippen LogP contribution in [0.1, 0.15) is 6.42 Å². The highest BCUT2D eigenvalue weighted by Gasteiger charge is 2.21. The second-order valence-corrected chi connectivity index (χ2v) is 2.10. The highest BCUT2D eigenvalue weighted by molar-refractivity contribution is 5.75. The number of amides is 2. The topological polar surface area (TPSA) is 103 Å². The molecule has 56 valence electrons. The fourth-order valence-corrected chi connectivity index (χ4v) is 0.805. The molecule has 0 saturated carbocycles. The molecule has 6 heteroatoms. The standard InChI is InChI=1S/C4H9N5O/c5-2-1-3(9-6)8-4(10)7-2/h2-3,6H,1,5H2,(H2,7,8,10). The summed E-state index contributed by atoms with van der Waals surface area (Å²) in [5.41, 5.74) is 12.0. The Balaban J connectivity index is 2.50. The maximum atomic E-state index is 10.6. The number of rotatable bonds is 1. The fraction of sp³-hybridized carbons (Fsp3) is 0.750. The van der Waals surface area contributed by atoms with Crippen molar-refractivity contribution in [1.29, 1.82) is 5.53 Å². The van der Waals surface area contributed by atoms with Gasteiger partial charge >= 0.3 is 6.03 Å². The summed E-state index contributed by atoms with van der Waals surface area (Å²) >= 11 is 0. The Morgan fingerprint density at radius 3 is 2.90 bits per heavy atom. The van der Waals surface area contributed by atoms with E-state index in [0.29, 0.717) is 6.42 Å². The van der Waals surface area contributed by atoms with Gasteiger partial charge in [-0.25, -0.2) is 10.3 Å². The summed E-state index contributed by atoms with van der Waals surface area (Å²) in [4.78, 5) is 10.6. The third-order valence-electron chi connectivity index (χ3n) is 1.25. The molecule has 1 aliphatic heterocycles. The van der Waals surface area contributed by atoms with Crippen molar-refractivity contribution in [2.45, 2.75) is 18.8 Å². The zero-order valence-corrected chi connectivity index (χ0v) is 5.29. The molecule has 1 aliphatic rings. The van der Waals surface area contributed by atoms with Crippen molar-refractivity contribution in [3.63, 3.8) is 0 Å². The summed E-state index contributed by atoms with van der Waals surface area (Å²) in [5, 5.41) is 7.99. The molecule has 1 rings (SSSR count). The molecule has 0 aromatic rings. The van der Waals surface area contributed by atoms with E-state index in [1.165, 1.54) is 0 Å². The van der Waals surface area contributed by atoms with E-state index in [2.05, 4.69) is 15.7 Å². The molecule has 0 aromatic heterocycles. The van der Waals surface area contributed by atoms with Gasteiger partial charge in [0.15, 0.2) is 0 Å². The van der Waals surface area contributed by atoms with Gasteiger partial charge in [0.05, 0.1) is 6.17 Å². The number of hydrogen-bond acceptors (Lipinski definition) is 4. The van der Waals surface area contributed by atoms with Crippen molar-refractivity contribution in [3.8, 4) is 0 Å². The van der Waals surface area contributed by atoms with Gasteiger partial charge in [-0.1, -0.05) is 0 Å². The minimum Gasteiger partial charge on any atom is -0.323 e. The van der Waals surface area contributed by atoms with E-state index in [1.54, 1.807) is 0 Å².